The summed E-state index contributed by atoms with van der Waals surface area (Å²) in [7, 11) is -3.45. The zero-order chi connectivity index (χ0) is 20.9. The number of nitrogens with one attached hydrogen (secondary N) is 2. The summed E-state index contributed by atoms with van der Waals surface area (Å²) in [6.45, 7) is 11.6. The van der Waals surface area contributed by atoms with Gasteiger partial charge < -0.3 is 19.6 Å². The number of piperazine rings is 1. The first-order valence-corrected chi connectivity index (χ1v) is 12.4. The molecule has 7 nitrogen and oxygen atoms in total. The number of hydrogen-bond donors (Lipinski definition) is 3. The Kier molecular flexibility index (Phi) is 8.07. The average Bonchev–Trinajstić information content (AvgIpc) is 2.74. The Morgan fingerprint density at radius 3 is 2.14 bits per heavy atom. The van der Waals surface area contributed by atoms with Gasteiger partial charge in [0.05, 0.1) is 44.3 Å². The molecule has 2 heterocycles. The van der Waals surface area contributed by atoms with Crippen LogP contribution in [-0.4, -0.2) is 89.5 Å². The highest BCUT2D eigenvalue weighted by Gasteiger charge is 2.32. The molecule has 2 fully saturated rings. The molecule has 0 bridgehead atoms. The molecule has 3 N–H and O–H groups in total. The molecule has 8 heteroatoms. The first-order valence-electron chi connectivity index (χ1n) is 10.9. The summed E-state index contributed by atoms with van der Waals surface area (Å²) in [5.41, 5.74) is 1.18. The fourth-order valence-corrected chi connectivity index (χ4v) is 5.64. The molecule has 2 aliphatic heterocycles. The van der Waals surface area contributed by atoms with Crippen LogP contribution in [0.15, 0.2) is 29.2 Å². The van der Waals surface area contributed by atoms with Crippen LogP contribution in [0.5, 0.6) is 0 Å². The van der Waals surface area contributed by atoms with Crippen LogP contribution >= 0.6 is 0 Å². The zero-order valence-electron chi connectivity index (χ0n) is 17.8. The summed E-state index contributed by atoms with van der Waals surface area (Å²) < 4.78 is 32.9. The van der Waals surface area contributed by atoms with Crippen LogP contribution < -0.4 is 9.80 Å². The maximum atomic E-state index is 13.0. The number of nitrogens with zero attached hydrogens (tertiary/aromatic N) is 1. The second-order valence-electron chi connectivity index (χ2n) is 8.46. The lowest BCUT2D eigenvalue weighted by molar-refractivity contribution is -0.930. The predicted octanol–water partition coefficient (Wildman–Crippen LogP) is -1.63. The van der Waals surface area contributed by atoms with E-state index in [0.29, 0.717) is 30.4 Å². The van der Waals surface area contributed by atoms with Crippen molar-refractivity contribution in [2.24, 2.45) is 0 Å². The van der Waals surface area contributed by atoms with Crippen LogP contribution in [0.2, 0.25) is 0 Å². The van der Waals surface area contributed by atoms with Crippen molar-refractivity contribution in [2.45, 2.75) is 37.2 Å². The lowest BCUT2D eigenvalue weighted by Crippen LogP contribution is -3.19. The predicted molar refractivity (Wildman–Crippen MR) is 112 cm³/mol. The van der Waals surface area contributed by atoms with Gasteiger partial charge >= 0.3 is 0 Å². The number of morpholine rings is 1. The van der Waals surface area contributed by atoms with E-state index in [2.05, 4.69) is 13.8 Å². The number of ether oxygens (including phenoxy) is 1. The highest BCUT2D eigenvalue weighted by molar-refractivity contribution is 7.89. The maximum Gasteiger partial charge on any atom is 0.243 e. The summed E-state index contributed by atoms with van der Waals surface area (Å²) in [4.78, 5) is 3.05. The third kappa shape index (κ3) is 5.99. The number of hydrogen-bond acceptors (Lipinski definition) is 4. The third-order valence-corrected chi connectivity index (χ3v) is 8.29. The summed E-state index contributed by atoms with van der Waals surface area (Å²) in [6.07, 6.45) is 0.685. The van der Waals surface area contributed by atoms with E-state index >= 15 is 0 Å². The highest BCUT2D eigenvalue weighted by atomic mass is 32.2. The van der Waals surface area contributed by atoms with Crippen molar-refractivity contribution in [3.63, 3.8) is 0 Å². The second kappa shape index (κ2) is 10.3. The zero-order valence-corrected chi connectivity index (χ0v) is 18.6. The normalized spacial score (nSPS) is 22.4. The maximum absolute atomic E-state index is 13.0. The van der Waals surface area contributed by atoms with E-state index in [1.165, 1.54) is 15.4 Å². The van der Waals surface area contributed by atoms with E-state index in [0.717, 1.165) is 52.4 Å². The van der Waals surface area contributed by atoms with Crippen LogP contribution in [0.1, 0.15) is 31.7 Å². The van der Waals surface area contributed by atoms with Gasteiger partial charge in [0.25, 0.3) is 0 Å². The summed E-state index contributed by atoms with van der Waals surface area (Å²) in [6, 6.07) is 7.36. The molecule has 2 aliphatic rings. The Balaban J connectivity index is 1.50. The Morgan fingerprint density at radius 2 is 1.59 bits per heavy atom. The van der Waals surface area contributed by atoms with Gasteiger partial charge in [-0.3, -0.25) is 0 Å². The molecule has 2 saturated heterocycles. The van der Waals surface area contributed by atoms with Crippen molar-refractivity contribution in [1.29, 1.82) is 0 Å². The lowest BCUT2D eigenvalue weighted by Gasteiger charge is -2.33. The van der Waals surface area contributed by atoms with Crippen LogP contribution in [0.3, 0.4) is 0 Å². The van der Waals surface area contributed by atoms with Crippen molar-refractivity contribution >= 4 is 10.0 Å². The first-order chi connectivity index (χ1) is 13.9. The number of benzene rings is 1. The Hall–Kier alpha value is -1.03. The van der Waals surface area contributed by atoms with E-state index in [4.69, 9.17) is 4.74 Å². The molecule has 0 aliphatic carbocycles. The molecule has 1 aromatic rings. The van der Waals surface area contributed by atoms with Crippen molar-refractivity contribution in [1.82, 2.24) is 4.31 Å². The molecule has 164 valence electrons. The number of aliphatic hydroxyl groups is 1. The van der Waals surface area contributed by atoms with Gasteiger partial charge in [-0.15, -0.1) is 0 Å². The van der Waals surface area contributed by atoms with Gasteiger partial charge in [-0.25, -0.2) is 8.42 Å². The smallest absolute Gasteiger partial charge is 0.243 e. The highest BCUT2D eigenvalue weighted by Crippen LogP contribution is 2.22. The summed E-state index contributed by atoms with van der Waals surface area (Å²) >= 11 is 0. The molecule has 2 atom stereocenters. The summed E-state index contributed by atoms with van der Waals surface area (Å²) in [5.74, 6) is 0.435. The third-order valence-electron chi connectivity index (χ3n) is 6.38. The molecular formula is C21H37N3O4S+2. The number of sulfonamides is 1. The van der Waals surface area contributed by atoms with Gasteiger partial charge in [-0.1, -0.05) is 26.0 Å². The van der Waals surface area contributed by atoms with E-state index in [1.54, 1.807) is 16.4 Å². The van der Waals surface area contributed by atoms with Gasteiger partial charge in [0.2, 0.25) is 10.0 Å². The minimum absolute atomic E-state index is 0.352. The van der Waals surface area contributed by atoms with Gasteiger partial charge in [0.15, 0.2) is 6.10 Å². The monoisotopic (exact) mass is 427 g/mol. The molecule has 0 unspecified atom stereocenters. The fraction of sp³-hybridized carbons (Fsp3) is 0.714. The fourth-order valence-electron chi connectivity index (χ4n) is 4.20. The van der Waals surface area contributed by atoms with Crippen LogP contribution in [0.25, 0.3) is 0 Å². The quantitative estimate of drug-likeness (QED) is 0.466. The number of rotatable bonds is 8. The number of quaternary nitrogens is 2. The first kappa shape index (κ1) is 22.7. The largest absolute Gasteiger partial charge is 0.382 e. The molecule has 1 aromatic carbocycles. The van der Waals surface area contributed by atoms with E-state index < -0.39 is 10.0 Å². The second-order valence-corrected chi connectivity index (χ2v) is 10.4. The molecule has 0 aromatic heterocycles. The minimum atomic E-state index is -3.45. The molecule has 0 spiro atoms. The topological polar surface area (TPSA) is 75.7 Å². The molecule has 0 radical (unpaired) electrons. The minimum Gasteiger partial charge on any atom is -0.382 e. The summed E-state index contributed by atoms with van der Waals surface area (Å²) in [5, 5.41) is 10.4. The Bertz CT molecular complexity index is 727. The molecule has 3 rings (SSSR count). The van der Waals surface area contributed by atoms with Crippen LogP contribution in [0, 0.1) is 0 Å². The number of aliphatic hydroxyl groups excluding tert-OH is 1. The van der Waals surface area contributed by atoms with Crippen molar-refractivity contribution < 1.29 is 28.1 Å². The Labute approximate surface area is 175 Å². The molecule has 0 amide bonds. The van der Waals surface area contributed by atoms with Crippen LogP contribution in [-0.2, 0) is 14.8 Å². The van der Waals surface area contributed by atoms with E-state index in [9.17, 15) is 13.5 Å². The molecule has 29 heavy (non-hydrogen) atoms. The lowest BCUT2D eigenvalue weighted by atomic mass is 9.99. The van der Waals surface area contributed by atoms with Crippen LogP contribution in [0.4, 0.5) is 0 Å². The van der Waals surface area contributed by atoms with E-state index in [1.807, 2.05) is 12.1 Å². The van der Waals surface area contributed by atoms with Gasteiger partial charge in [0.1, 0.15) is 26.2 Å². The van der Waals surface area contributed by atoms with Crippen molar-refractivity contribution in [3.8, 4) is 0 Å². The average molecular weight is 428 g/mol. The van der Waals surface area contributed by atoms with Gasteiger partial charge in [-0.2, -0.15) is 4.31 Å². The van der Waals surface area contributed by atoms with Crippen molar-refractivity contribution in [2.75, 3.05) is 65.6 Å². The van der Waals surface area contributed by atoms with Gasteiger partial charge in [0, 0.05) is 0 Å². The van der Waals surface area contributed by atoms with Gasteiger partial charge in [-0.05, 0) is 30.0 Å². The van der Waals surface area contributed by atoms with Crippen molar-refractivity contribution in [3.05, 3.63) is 29.8 Å². The Morgan fingerprint density at radius 1 is 1.03 bits per heavy atom. The SMILES string of the molecule is CC[C@@H](C)c1ccc(S(=O)(=O)N2CC[NH+](C[C@@H](O)C[NH+]3CCOCC3)CC2)cc1. The standard InChI is InChI=1S/C21H35N3O4S/c1-3-18(2)19-4-6-21(7-5-19)29(26,27)24-10-8-22(9-11-24)16-20(25)17-23-12-14-28-15-13-23/h4-7,18,20,25H,3,8-17H2,1-2H3/p+2/t18-,20-/m1/s1. The molecular weight excluding hydrogens is 390 g/mol. The van der Waals surface area contributed by atoms with E-state index in [-0.39, 0.29) is 6.10 Å². The molecule has 0 saturated carbocycles.